The van der Waals surface area contributed by atoms with Crippen molar-refractivity contribution in [1.82, 2.24) is 4.98 Å². The Morgan fingerprint density at radius 2 is 1.88 bits per heavy atom. The molecule has 1 N–H and O–H groups in total. The average molecular weight is 383 g/mol. The largest absolute Gasteiger partial charge is 0.277 e. The molecule has 0 unspecified atom stereocenters. The minimum absolute atomic E-state index is 0.103. The molecule has 3 aromatic rings. The molecule has 0 atom stereocenters. The maximum Gasteiger partial charge on any atom is 0.262 e. The van der Waals surface area contributed by atoms with E-state index in [1.54, 1.807) is 6.92 Å². The first-order valence-electron chi connectivity index (χ1n) is 7.37. The summed E-state index contributed by atoms with van der Waals surface area (Å²) in [5.74, 6) is -1.52. The van der Waals surface area contributed by atoms with Gasteiger partial charge in [-0.25, -0.2) is 17.2 Å². The lowest BCUT2D eigenvalue weighted by atomic mass is 10.1. The number of benzene rings is 2. The second kappa shape index (κ2) is 6.57. The topological polar surface area (TPSA) is 59.1 Å². The van der Waals surface area contributed by atoms with Crippen LogP contribution in [0.15, 0.2) is 47.5 Å². The normalized spacial score (nSPS) is 11.7. The molecule has 130 valence electrons. The smallest absolute Gasteiger partial charge is 0.262 e. The summed E-state index contributed by atoms with van der Waals surface area (Å²) in [6.45, 7) is 1.68. The molecular formula is C17H13ClF2N2O2S. The highest BCUT2D eigenvalue weighted by atomic mass is 35.5. The van der Waals surface area contributed by atoms with Crippen molar-refractivity contribution < 1.29 is 17.2 Å². The zero-order chi connectivity index (χ0) is 18.2. The van der Waals surface area contributed by atoms with Crippen LogP contribution in [0.2, 0.25) is 5.02 Å². The fraction of sp³-hybridized carbons (Fsp3) is 0.118. The van der Waals surface area contributed by atoms with Gasteiger partial charge in [-0.05, 0) is 42.3 Å². The van der Waals surface area contributed by atoms with Crippen LogP contribution in [0.1, 0.15) is 12.5 Å². The molecule has 0 aliphatic carbocycles. The molecule has 0 spiro atoms. The van der Waals surface area contributed by atoms with Gasteiger partial charge in [-0.1, -0.05) is 18.5 Å². The molecule has 3 rings (SSSR count). The van der Waals surface area contributed by atoms with Crippen LogP contribution < -0.4 is 4.72 Å². The van der Waals surface area contributed by atoms with Crippen molar-refractivity contribution in [2.75, 3.05) is 4.72 Å². The number of pyridine rings is 1. The molecule has 4 nitrogen and oxygen atoms in total. The molecule has 0 radical (unpaired) electrons. The third-order valence-corrected chi connectivity index (χ3v) is 5.37. The molecule has 8 heteroatoms. The van der Waals surface area contributed by atoms with Crippen LogP contribution in [0.5, 0.6) is 0 Å². The predicted molar refractivity (Wildman–Crippen MR) is 93.3 cm³/mol. The monoisotopic (exact) mass is 382 g/mol. The van der Waals surface area contributed by atoms with Gasteiger partial charge < -0.3 is 0 Å². The van der Waals surface area contributed by atoms with Gasteiger partial charge >= 0.3 is 0 Å². The van der Waals surface area contributed by atoms with Gasteiger partial charge in [0.15, 0.2) is 0 Å². The second-order valence-electron chi connectivity index (χ2n) is 5.35. The van der Waals surface area contributed by atoms with E-state index in [9.17, 15) is 17.2 Å². The highest BCUT2D eigenvalue weighted by molar-refractivity contribution is 7.93. The molecule has 0 saturated heterocycles. The summed E-state index contributed by atoms with van der Waals surface area (Å²) in [4.78, 5) is 3.96. The standard InChI is InChI=1S/C17H13ClF2N2O2S/c1-2-10-7-14(20)16(9-13(10)19)22-25(23,24)17-5-6-21-15-8-11(18)3-4-12(15)17/h3-9,22H,2H2,1H3. The first kappa shape index (κ1) is 17.6. The van der Waals surface area contributed by atoms with Crippen molar-refractivity contribution in [3.63, 3.8) is 0 Å². The Kier molecular flexibility index (Phi) is 4.62. The van der Waals surface area contributed by atoms with Crippen LogP contribution in [0.4, 0.5) is 14.5 Å². The van der Waals surface area contributed by atoms with Crippen molar-refractivity contribution >= 4 is 38.2 Å². The van der Waals surface area contributed by atoms with Crippen LogP contribution in [0.3, 0.4) is 0 Å². The Hall–Kier alpha value is -2.25. The van der Waals surface area contributed by atoms with Gasteiger partial charge in [0.25, 0.3) is 10.0 Å². The molecule has 1 aromatic heterocycles. The van der Waals surface area contributed by atoms with Gasteiger partial charge in [0.05, 0.1) is 16.1 Å². The fourth-order valence-corrected chi connectivity index (χ4v) is 3.89. The maximum atomic E-state index is 14.1. The summed E-state index contributed by atoms with van der Waals surface area (Å²) in [5, 5.41) is 0.733. The van der Waals surface area contributed by atoms with E-state index >= 15 is 0 Å². The number of aromatic nitrogens is 1. The van der Waals surface area contributed by atoms with E-state index in [0.717, 1.165) is 12.1 Å². The van der Waals surface area contributed by atoms with Crippen LogP contribution in [0.25, 0.3) is 10.9 Å². The van der Waals surface area contributed by atoms with Crippen molar-refractivity contribution in [1.29, 1.82) is 0 Å². The van der Waals surface area contributed by atoms with E-state index in [1.807, 2.05) is 0 Å². The molecule has 0 aliphatic rings. The first-order chi connectivity index (χ1) is 11.8. The quantitative estimate of drug-likeness (QED) is 0.721. The van der Waals surface area contributed by atoms with Gasteiger partial charge in [0.1, 0.15) is 11.6 Å². The van der Waals surface area contributed by atoms with Crippen molar-refractivity contribution in [3.05, 3.63) is 64.8 Å². The molecule has 0 bridgehead atoms. The van der Waals surface area contributed by atoms with Crippen molar-refractivity contribution in [3.8, 4) is 0 Å². The SMILES string of the molecule is CCc1cc(F)c(NS(=O)(=O)c2ccnc3cc(Cl)ccc23)cc1F. The summed E-state index contributed by atoms with van der Waals surface area (Å²) in [5.41, 5.74) is 0.0986. The number of hydrogen-bond donors (Lipinski definition) is 1. The van der Waals surface area contributed by atoms with Gasteiger partial charge in [-0.15, -0.1) is 0 Å². The van der Waals surface area contributed by atoms with Crippen LogP contribution in [0, 0.1) is 11.6 Å². The molecule has 1 heterocycles. The first-order valence-corrected chi connectivity index (χ1v) is 9.23. The average Bonchev–Trinajstić information content (AvgIpc) is 2.56. The number of anilines is 1. The summed E-state index contributed by atoms with van der Waals surface area (Å²) >= 11 is 5.89. The second-order valence-corrected chi connectivity index (χ2v) is 7.44. The number of hydrogen-bond acceptors (Lipinski definition) is 3. The zero-order valence-electron chi connectivity index (χ0n) is 13.1. The minimum Gasteiger partial charge on any atom is -0.277 e. The van der Waals surface area contributed by atoms with Crippen LogP contribution >= 0.6 is 11.6 Å². The molecule has 0 saturated carbocycles. The number of aryl methyl sites for hydroxylation is 1. The summed E-state index contributed by atoms with van der Waals surface area (Å²) in [7, 11) is -4.15. The van der Waals surface area contributed by atoms with Gasteiger partial charge in [-0.2, -0.15) is 0 Å². The van der Waals surface area contributed by atoms with E-state index in [-0.39, 0.29) is 10.5 Å². The Balaban J connectivity index is 2.08. The summed E-state index contributed by atoms with van der Waals surface area (Å²) < 4.78 is 55.4. The lowest BCUT2D eigenvalue weighted by Crippen LogP contribution is -2.15. The van der Waals surface area contributed by atoms with E-state index in [4.69, 9.17) is 11.6 Å². The van der Waals surface area contributed by atoms with Crippen molar-refractivity contribution in [2.24, 2.45) is 0 Å². The van der Waals surface area contributed by atoms with E-state index in [1.165, 1.54) is 30.5 Å². The molecule has 0 aliphatic heterocycles. The number of rotatable bonds is 4. The minimum atomic E-state index is -4.15. The highest BCUT2D eigenvalue weighted by Crippen LogP contribution is 2.27. The highest BCUT2D eigenvalue weighted by Gasteiger charge is 2.20. The molecule has 2 aromatic carbocycles. The summed E-state index contributed by atoms with van der Waals surface area (Å²) in [6, 6.07) is 7.67. The van der Waals surface area contributed by atoms with Gasteiger partial charge in [0, 0.05) is 22.7 Å². The number of fused-ring (bicyclic) bond motifs is 1. The lowest BCUT2D eigenvalue weighted by Gasteiger charge is -2.12. The number of halogens is 3. The van der Waals surface area contributed by atoms with E-state index in [0.29, 0.717) is 22.3 Å². The van der Waals surface area contributed by atoms with E-state index < -0.39 is 27.3 Å². The zero-order valence-corrected chi connectivity index (χ0v) is 14.6. The number of sulfonamides is 1. The Morgan fingerprint density at radius 1 is 1.12 bits per heavy atom. The Labute approximate surface area is 148 Å². The predicted octanol–water partition coefficient (Wildman–Crippen LogP) is 4.53. The fourth-order valence-electron chi connectivity index (χ4n) is 2.47. The molecule has 25 heavy (non-hydrogen) atoms. The van der Waals surface area contributed by atoms with E-state index in [2.05, 4.69) is 9.71 Å². The molecule has 0 amide bonds. The number of nitrogens with one attached hydrogen (secondary N) is 1. The molecule has 0 fully saturated rings. The third-order valence-electron chi connectivity index (χ3n) is 3.72. The van der Waals surface area contributed by atoms with Crippen LogP contribution in [-0.2, 0) is 16.4 Å². The summed E-state index contributed by atoms with van der Waals surface area (Å²) in [6.07, 6.45) is 1.61. The van der Waals surface area contributed by atoms with Crippen molar-refractivity contribution in [2.45, 2.75) is 18.2 Å². The molecular weight excluding hydrogens is 370 g/mol. The van der Waals surface area contributed by atoms with Gasteiger partial charge in [-0.3, -0.25) is 9.71 Å². The lowest BCUT2D eigenvalue weighted by molar-refractivity contribution is 0.587. The van der Waals surface area contributed by atoms with Crippen LogP contribution in [-0.4, -0.2) is 13.4 Å². The maximum absolute atomic E-state index is 14.1. The Bertz CT molecular complexity index is 1070. The van der Waals surface area contributed by atoms with Gasteiger partial charge in [0.2, 0.25) is 0 Å². The number of nitrogens with zero attached hydrogens (tertiary/aromatic N) is 1. The Morgan fingerprint density at radius 3 is 2.60 bits per heavy atom. The third kappa shape index (κ3) is 3.43.